The van der Waals surface area contributed by atoms with Crippen LogP contribution in [0.1, 0.15) is 35.8 Å². The molecule has 1 saturated heterocycles. The molecule has 0 aliphatic carbocycles. The van der Waals surface area contributed by atoms with Crippen LogP contribution >= 0.6 is 0 Å². The second-order valence-corrected chi connectivity index (χ2v) is 10.2. The number of aromatic nitrogens is 2. The molecule has 7 nitrogen and oxygen atoms in total. The van der Waals surface area contributed by atoms with Crippen LogP contribution in [-0.2, 0) is 21.9 Å². The Bertz CT molecular complexity index is 1170. The smallest absolute Gasteiger partial charge is 0.243 e. The number of piperidine rings is 1. The molecular weight excluding hydrogens is 424 g/mol. The Morgan fingerprint density at radius 3 is 2.31 bits per heavy atom. The molecule has 8 heteroatoms. The van der Waals surface area contributed by atoms with Gasteiger partial charge in [0, 0.05) is 38.4 Å². The van der Waals surface area contributed by atoms with Gasteiger partial charge in [-0.3, -0.25) is 4.79 Å². The molecule has 2 aromatic carbocycles. The van der Waals surface area contributed by atoms with Gasteiger partial charge in [0.25, 0.3) is 0 Å². The summed E-state index contributed by atoms with van der Waals surface area (Å²) in [5, 5.41) is 3.15. The Morgan fingerprint density at radius 1 is 1.06 bits per heavy atom. The third kappa shape index (κ3) is 4.61. The summed E-state index contributed by atoms with van der Waals surface area (Å²) >= 11 is 0. The van der Waals surface area contributed by atoms with Crippen molar-refractivity contribution in [3.8, 4) is 0 Å². The fourth-order valence-electron chi connectivity index (χ4n) is 4.08. The van der Waals surface area contributed by atoms with Crippen LogP contribution in [0, 0.1) is 12.8 Å². The molecular formula is C24H28N4O3S. The largest absolute Gasteiger partial charge is 0.342 e. The van der Waals surface area contributed by atoms with Crippen molar-refractivity contribution in [3.05, 3.63) is 83.9 Å². The molecule has 0 saturated carbocycles. The van der Waals surface area contributed by atoms with E-state index in [0.29, 0.717) is 30.8 Å². The Morgan fingerprint density at radius 2 is 1.72 bits per heavy atom. The molecule has 0 bridgehead atoms. The van der Waals surface area contributed by atoms with Crippen molar-refractivity contribution in [2.75, 3.05) is 13.1 Å². The lowest BCUT2D eigenvalue weighted by molar-refractivity contribution is -0.126. The van der Waals surface area contributed by atoms with Gasteiger partial charge >= 0.3 is 0 Å². The van der Waals surface area contributed by atoms with Crippen LogP contribution < -0.4 is 5.32 Å². The first kappa shape index (κ1) is 22.2. The molecule has 2 heterocycles. The molecule has 0 radical (unpaired) electrons. The van der Waals surface area contributed by atoms with Crippen molar-refractivity contribution in [1.82, 2.24) is 19.2 Å². The number of hydrogen-bond acceptors (Lipinski definition) is 4. The molecule has 1 atom stereocenters. The standard InChI is InChI=1S/C24H28N4O3S/c1-18-8-10-21(11-9-18)32(30,31)28-15-12-20(13-16-28)24(29)26-22(19-6-4-3-5-7-19)23-25-14-17-27(23)2/h3-11,14,17,20,22H,12-13,15-16H2,1-2H3,(H,26,29)/t22-/m1/s1. The number of carbonyl (C=O) groups excluding carboxylic acids is 1. The van der Waals surface area contributed by atoms with Gasteiger partial charge in [0.2, 0.25) is 15.9 Å². The predicted molar refractivity (Wildman–Crippen MR) is 122 cm³/mol. The van der Waals surface area contributed by atoms with Gasteiger partial charge in [0.15, 0.2) is 0 Å². The number of hydrogen-bond donors (Lipinski definition) is 1. The van der Waals surface area contributed by atoms with E-state index in [4.69, 9.17) is 0 Å². The van der Waals surface area contributed by atoms with Crippen molar-refractivity contribution < 1.29 is 13.2 Å². The van der Waals surface area contributed by atoms with Crippen molar-refractivity contribution in [1.29, 1.82) is 0 Å². The molecule has 168 valence electrons. The van der Waals surface area contributed by atoms with Gasteiger partial charge in [-0.1, -0.05) is 48.0 Å². The Kier molecular flexibility index (Phi) is 6.43. The topological polar surface area (TPSA) is 84.3 Å². The minimum Gasteiger partial charge on any atom is -0.342 e. The van der Waals surface area contributed by atoms with Crippen LogP contribution in [0.4, 0.5) is 0 Å². The van der Waals surface area contributed by atoms with Crippen molar-refractivity contribution >= 4 is 15.9 Å². The lowest BCUT2D eigenvalue weighted by atomic mass is 9.96. The number of nitrogens with one attached hydrogen (secondary N) is 1. The third-order valence-electron chi connectivity index (χ3n) is 6.02. The lowest BCUT2D eigenvalue weighted by Crippen LogP contribution is -2.44. The highest BCUT2D eigenvalue weighted by atomic mass is 32.2. The summed E-state index contributed by atoms with van der Waals surface area (Å²) in [5.74, 6) is 0.434. The van der Waals surface area contributed by atoms with Gasteiger partial charge in [-0.2, -0.15) is 4.31 Å². The fourth-order valence-corrected chi connectivity index (χ4v) is 5.55. The fraction of sp³-hybridized carbons (Fsp3) is 0.333. The first-order valence-electron chi connectivity index (χ1n) is 10.8. The third-order valence-corrected chi connectivity index (χ3v) is 7.93. The molecule has 0 unspecified atom stereocenters. The van der Waals surface area contributed by atoms with E-state index in [-0.39, 0.29) is 17.9 Å². The van der Waals surface area contributed by atoms with E-state index in [9.17, 15) is 13.2 Å². The van der Waals surface area contributed by atoms with Gasteiger partial charge in [-0.15, -0.1) is 0 Å². The van der Waals surface area contributed by atoms with E-state index >= 15 is 0 Å². The maximum absolute atomic E-state index is 13.1. The average molecular weight is 453 g/mol. The lowest BCUT2D eigenvalue weighted by Gasteiger charge is -2.31. The summed E-state index contributed by atoms with van der Waals surface area (Å²) in [6.45, 7) is 2.58. The number of sulfonamides is 1. The number of rotatable bonds is 6. The molecule has 3 aromatic rings. The summed E-state index contributed by atoms with van der Waals surface area (Å²) in [5.41, 5.74) is 1.97. The normalized spacial score (nSPS) is 16.6. The molecule has 0 spiro atoms. The zero-order valence-corrected chi connectivity index (χ0v) is 19.1. The minimum atomic E-state index is -3.55. The minimum absolute atomic E-state index is 0.0748. The summed E-state index contributed by atoms with van der Waals surface area (Å²) in [6, 6.07) is 16.3. The van der Waals surface area contributed by atoms with Gasteiger partial charge in [-0.25, -0.2) is 13.4 Å². The molecule has 1 amide bonds. The number of amides is 1. The molecule has 4 rings (SSSR count). The predicted octanol–water partition coefficient (Wildman–Crippen LogP) is 3.04. The Labute approximate surface area is 189 Å². The summed E-state index contributed by atoms with van der Waals surface area (Å²) in [6.07, 6.45) is 4.54. The number of nitrogens with zero attached hydrogens (tertiary/aromatic N) is 3. The van der Waals surface area contributed by atoms with E-state index in [1.54, 1.807) is 30.5 Å². The van der Waals surface area contributed by atoms with E-state index in [1.807, 2.05) is 55.1 Å². The maximum Gasteiger partial charge on any atom is 0.243 e. The van der Waals surface area contributed by atoms with E-state index in [0.717, 1.165) is 17.0 Å². The highest BCUT2D eigenvalue weighted by Gasteiger charge is 2.33. The molecule has 1 N–H and O–H groups in total. The summed E-state index contributed by atoms with van der Waals surface area (Å²) in [4.78, 5) is 17.9. The summed E-state index contributed by atoms with van der Waals surface area (Å²) in [7, 11) is -1.65. The van der Waals surface area contributed by atoms with Gasteiger partial charge in [-0.05, 0) is 37.5 Å². The average Bonchev–Trinajstić information content (AvgIpc) is 3.23. The van der Waals surface area contributed by atoms with Crippen molar-refractivity contribution in [3.63, 3.8) is 0 Å². The molecule has 1 aromatic heterocycles. The van der Waals surface area contributed by atoms with Gasteiger partial charge < -0.3 is 9.88 Å². The zero-order valence-electron chi connectivity index (χ0n) is 18.3. The molecule has 1 aliphatic heterocycles. The number of benzene rings is 2. The second kappa shape index (κ2) is 9.26. The van der Waals surface area contributed by atoms with Crippen molar-refractivity contribution in [2.24, 2.45) is 13.0 Å². The van der Waals surface area contributed by atoms with Crippen LogP contribution in [0.25, 0.3) is 0 Å². The van der Waals surface area contributed by atoms with E-state index in [1.165, 1.54) is 4.31 Å². The first-order valence-corrected chi connectivity index (χ1v) is 12.2. The SMILES string of the molecule is Cc1ccc(S(=O)(=O)N2CCC(C(=O)N[C@H](c3ccccc3)c3nccn3C)CC2)cc1. The number of imidazole rings is 1. The highest BCUT2D eigenvalue weighted by Crippen LogP contribution is 2.26. The van der Waals surface area contributed by atoms with Crippen molar-refractivity contribution in [2.45, 2.75) is 30.7 Å². The van der Waals surface area contributed by atoms with E-state index in [2.05, 4.69) is 10.3 Å². The van der Waals surface area contributed by atoms with Gasteiger partial charge in [0.05, 0.1) is 4.90 Å². The highest BCUT2D eigenvalue weighted by molar-refractivity contribution is 7.89. The van der Waals surface area contributed by atoms with Crippen LogP contribution in [0.15, 0.2) is 71.9 Å². The second-order valence-electron chi connectivity index (χ2n) is 8.24. The molecule has 32 heavy (non-hydrogen) atoms. The molecule has 1 fully saturated rings. The van der Waals surface area contributed by atoms with Crippen LogP contribution in [0.5, 0.6) is 0 Å². The number of carbonyl (C=O) groups is 1. The van der Waals surface area contributed by atoms with E-state index < -0.39 is 10.0 Å². The Hall–Kier alpha value is -2.97. The maximum atomic E-state index is 13.1. The Balaban J connectivity index is 1.44. The number of aryl methyl sites for hydroxylation is 2. The van der Waals surface area contributed by atoms with Crippen LogP contribution in [0.2, 0.25) is 0 Å². The van der Waals surface area contributed by atoms with Crippen LogP contribution in [0.3, 0.4) is 0 Å². The zero-order chi connectivity index (χ0) is 22.7. The monoisotopic (exact) mass is 452 g/mol. The molecule has 1 aliphatic rings. The first-order chi connectivity index (χ1) is 15.4. The van der Waals surface area contributed by atoms with Gasteiger partial charge in [0.1, 0.15) is 11.9 Å². The van der Waals surface area contributed by atoms with Crippen LogP contribution in [-0.4, -0.2) is 41.3 Å². The quantitative estimate of drug-likeness (QED) is 0.623. The summed E-state index contributed by atoms with van der Waals surface area (Å²) < 4.78 is 29.3.